The van der Waals surface area contributed by atoms with E-state index >= 15 is 0 Å². The third-order valence-electron chi connectivity index (χ3n) is 4.66. The summed E-state index contributed by atoms with van der Waals surface area (Å²) in [5.41, 5.74) is 0.0713. The zero-order valence-corrected chi connectivity index (χ0v) is 18.0. The lowest BCUT2D eigenvalue weighted by Crippen LogP contribution is -2.37. The number of amides is 1. The van der Waals surface area contributed by atoms with Crippen molar-refractivity contribution in [3.8, 4) is 5.88 Å². The maximum Gasteiger partial charge on any atom is 0.330 e. The molecule has 1 amide bonds. The van der Waals surface area contributed by atoms with Gasteiger partial charge in [0.05, 0.1) is 12.3 Å². The Bertz CT molecular complexity index is 1080. The Morgan fingerprint density at radius 3 is 2.57 bits per heavy atom. The van der Waals surface area contributed by atoms with Gasteiger partial charge in [0.2, 0.25) is 5.88 Å². The number of aromatic hydroxyl groups is 1. The summed E-state index contributed by atoms with van der Waals surface area (Å²) in [5.74, 6) is -1.65. The highest BCUT2D eigenvalue weighted by atomic mass is 16.5. The second kappa shape index (κ2) is 7.97. The largest absolute Gasteiger partial charge is 0.492 e. The van der Waals surface area contributed by atoms with Gasteiger partial charge in [0.25, 0.3) is 11.5 Å². The molecule has 1 aliphatic carbocycles. The predicted octanol–water partition coefficient (Wildman–Crippen LogP) is 2.02. The van der Waals surface area contributed by atoms with Gasteiger partial charge in [-0.25, -0.2) is 4.79 Å². The molecule has 2 N–H and O–H groups in total. The maximum atomic E-state index is 13.3. The third-order valence-corrected chi connectivity index (χ3v) is 4.66. The molecule has 162 valence electrons. The number of rotatable bonds is 6. The van der Waals surface area contributed by atoms with Gasteiger partial charge in [0.1, 0.15) is 5.65 Å². The average Bonchev–Trinajstić information content (AvgIpc) is 3.37. The van der Waals surface area contributed by atoms with Crippen LogP contribution in [0.2, 0.25) is 0 Å². The van der Waals surface area contributed by atoms with E-state index in [0.29, 0.717) is 16.9 Å². The zero-order chi connectivity index (χ0) is 22.2. The molecule has 0 aliphatic heterocycles. The first-order valence-electron chi connectivity index (χ1n) is 10.0. The second-order valence-corrected chi connectivity index (χ2v) is 8.72. The van der Waals surface area contributed by atoms with Crippen molar-refractivity contribution < 1.29 is 19.4 Å². The van der Waals surface area contributed by atoms with Crippen molar-refractivity contribution in [2.24, 2.45) is 5.41 Å². The molecule has 2 heterocycles. The zero-order valence-electron chi connectivity index (χ0n) is 18.0. The van der Waals surface area contributed by atoms with Crippen LogP contribution in [-0.2, 0) is 16.1 Å². The van der Waals surface area contributed by atoms with Gasteiger partial charge in [0, 0.05) is 24.2 Å². The quantitative estimate of drug-likeness (QED) is 0.550. The second-order valence-electron chi connectivity index (χ2n) is 8.72. The number of ether oxygens (including phenoxy) is 1. The number of carbonyl (C=O) groups excluding carboxylic acids is 2. The van der Waals surface area contributed by atoms with Crippen LogP contribution in [0.3, 0.4) is 0 Å². The molecule has 0 bridgehead atoms. The summed E-state index contributed by atoms with van der Waals surface area (Å²) in [5, 5.41) is 17.9. The van der Waals surface area contributed by atoms with Crippen LogP contribution in [0.4, 0.5) is 0 Å². The monoisotopic (exact) mass is 416 g/mol. The van der Waals surface area contributed by atoms with E-state index < -0.39 is 23.3 Å². The fourth-order valence-electron chi connectivity index (χ4n) is 3.21. The van der Waals surface area contributed by atoms with Crippen LogP contribution in [0.5, 0.6) is 5.88 Å². The summed E-state index contributed by atoms with van der Waals surface area (Å²) in [6, 6.07) is 0.0329. The lowest BCUT2D eigenvalue weighted by molar-refractivity contribution is -0.137. The first-order chi connectivity index (χ1) is 14.0. The van der Waals surface area contributed by atoms with E-state index in [1.807, 2.05) is 20.8 Å². The lowest BCUT2D eigenvalue weighted by atomic mass is 9.96. The van der Waals surface area contributed by atoms with Gasteiger partial charge in [0.15, 0.2) is 5.56 Å². The Labute approximate surface area is 174 Å². The summed E-state index contributed by atoms with van der Waals surface area (Å²) < 4.78 is 7.55. The van der Waals surface area contributed by atoms with Gasteiger partial charge in [-0.15, -0.1) is 0 Å². The number of hydrogen-bond acceptors (Lipinski definition) is 6. The molecule has 0 unspecified atom stereocenters. The number of aromatic nitrogens is 3. The molecular formula is C21H28N4O5. The van der Waals surface area contributed by atoms with Crippen molar-refractivity contribution in [3.63, 3.8) is 0 Å². The predicted molar refractivity (Wildman–Crippen MR) is 111 cm³/mol. The molecule has 2 aromatic heterocycles. The molecule has 9 nitrogen and oxygen atoms in total. The normalized spacial score (nSPS) is 14.4. The summed E-state index contributed by atoms with van der Waals surface area (Å²) in [6.07, 6.45) is 4.48. The van der Waals surface area contributed by atoms with Crippen LogP contribution >= 0.6 is 0 Å². The molecule has 1 saturated carbocycles. The summed E-state index contributed by atoms with van der Waals surface area (Å²) in [7, 11) is 0. The van der Waals surface area contributed by atoms with Gasteiger partial charge in [-0.3, -0.25) is 14.2 Å². The van der Waals surface area contributed by atoms with Crippen LogP contribution in [0.1, 0.15) is 62.2 Å². The Balaban J connectivity index is 2.25. The van der Waals surface area contributed by atoms with E-state index in [1.165, 1.54) is 21.2 Å². The number of nitrogens with zero attached hydrogens (tertiary/aromatic N) is 3. The smallest absolute Gasteiger partial charge is 0.330 e. The van der Waals surface area contributed by atoms with E-state index in [1.54, 1.807) is 13.8 Å². The Morgan fingerprint density at radius 2 is 2.00 bits per heavy atom. The fourth-order valence-corrected chi connectivity index (χ4v) is 3.21. The highest BCUT2D eigenvalue weighted by Gasteiger charge is 2.31. The minimum atomic E-state index is -0.610. The van der Waals surface area contributed by atoms with E-state index in [4.69, 9.17) is 4.74 Å². The molecule has 9 heteroatoms. The first-order valence-corrected chi connectivity index (χ1v) is 10.0. The van der Waals surface area contributed by atoms with E-state index in [-0.39, 0.29) is 30.2 Å². The summed E-state index contributed by atoms with van der Waals surface area (Å²) >= 11 is 0. The Morgan fingerprint density at radius 1 is 1.33 bits per heavy atom. The molecule has 2 aromatic rings. The third kappa shape index (κ3) is 4.39. The SMILES string of the molecule is CCOC(=O)/C=C/c1c(C)nn2c(O)c(C(=O)NC3CC3)c(=O)n(CC(C)(C)C)c12. The van der Waals surface area contributed by atoms with Crippen LogP contribution < -0.4 is 10.9 Å². The Hall–Kier alpha value is -3.10. The summed E-state index contributed by atoms with van der Waals surface area (Å²) in [6.45, 7) is 9.82. The van der Waals surface area contributed by atoms with Gasteiger partial charge in [-0.05, 0) is 38.2 Å². The van der Waals surface area contributed by atoms with Crippen molar-refractivity contribution in [2.45, 2.75) is 60.0 Å². The van der Waals surface area contributed by atoms with Gasteiger partial charge >= 0.3 is 5.97 Å². The number of aryl methyl sites for hydroxylation is 1. The molecule has 1 aliphatic rings. The Kier molecular flexibility index (Phi) is 5.74. The molecule has 0 atom stereocenters. The van der Waals surface area contributed by atoms with E-state index in [2.05, 4.69) is 10.4 Å². The topological polar surface area (TPSA) is 115 Å². The molecule has 1 fully saturated rings. The minimum Gasteiger partial charge on any atom is -0.492 e. The number of esters is 1. The molecule has 0 saturated heterocycles. The number of nitrogens with one attached hydrogen (secondary N) is 1. The molecular weight excluding hydrogens is 388 g/mol. The van der Waals surface area contributed by atoms with Gasteiger partial charge in [-0.2, -0.15) is 9.61 Å². The first kappa shape index (κ1) is 21.6. The van der Waals surface area contributed by atoms with Crippen molar-refractivity contribution in [3.05, 3.63) is 33.3 Å². The van der Waals surface area contributed by atoms with Crippen molar-refractivity contribution in [1.29, 1.82) is 0 Å². The molecule has 3 rings (SSSR count). The number of carbonyl (C=O) groups is 2. The summed E-state index contributed by atoms with van der Waals surface area (Å²) in [4.78, 5) is 37.8. The maximum absolute atomic E-state index is 13.3. The van der Waals surface area contributed by atoms with Crippen molar-refractivity contribution in [1.82, 2.24) is 19.5 Å². The average molecular weight is 416 g/mol. The molecule has 0 aromatic carbocycles. The van der Waals surface area contributed by atoms with Crippen LogP contribution in [-0.4, -0.2) is 43.8 Å². The lowest BCUT2D eigenvalue weighted by Gasteiger charge is -2.22. The van der Waals surface area contributed by atoms with Crippen LogP contribution in [0.15, 0.2) is 10.9 Å². The van der Waals surface area contributed by atoms with Crippen LogP contribution in [0, 0.1) is 12.3 Å². The highest BCUT2D eigenvalue weighted by Crippen LogP contribution is 2.27. The molecule has 30 heavy (non-hydrogen) atoms. The fraction of sp³-hybridized carbons (Fsp3) is 0.524. The number of fused-ring (bicyclic) bond motifs is 1. The van der Waals surface area contributed by atoms with E-state index in [9.17, 15) is 19.5 Å². The van der Waals surface area contributed by atoms with Gasteiger partial charge in [-0.1, -0.05) is 20.8 Å². The number of hydrogen-bond donors (Lipinski definition) is 2. The molecule has 0 spiro atoms. The van der Waals surface area contributed by atoms with E-state index in [0.717, 1.165) is 12.8 Å². The molecule has 0 radical (unpaired) electrons. The van der Waals surface area contributed by atoms with Crippen molar-refractivity contribution >= 4 is 23.6 Å². The minimum absolute atomic E-state index is 0.0329. The standard InChI is InChI=1S/C21H28N4O5/c1-6-30-15(26)10-9-14-12(2)23-25-18(14)24(11-21(3,4)5)19(28)16(20(25)29)17(27)22-13-7-8-13/h9-10,13,29H,6-8,11H2,1-5H3,(H,22,27)/b10-9+. The van der Waals surface area contributed by atoms with Gasteiger partial charge < -0.3 is 15.2 Å². The van der Waals surface area contributed by atoms with Crippen LogP contribution in [0.25, 0.3) is 11.7 Å². The highest BCUT2D eigenvalue weighted by molar-refractivity contribution is 5.97. The van der Waals surface area contributed by atoms with Crippen molar-refractivity contribution in [2.75, 3.05) is 6.61 Å².